The minimum atomic E-state index is -1.43. The van der Waals surface area contributed by atoms with E-state index in [2.05, 4.69) is 16.0 Å². The van der Waals surface area contributed by atoms with Crippen molar-refractivity contribution in [3.05, 3.63) is 0 Å². The maximum atomic E-state index is 12.5. The summed E-state index contributed by atoms with van der Waals surface area (Å²) in [5.41, 5.74) is 5.75. The Bertz CT molecular complexity index is 592. The Hall–Kier alpha value is -2.69. The van der Waals surface area contributed by atoms with Crippen molar-refractivity contribution >= 4 is 29.7 Å². The van der Waals surface area contributed by atoms with Crippen LogP contribution in [0.4, 0.5) is 0 Å². The molecule has 0 aliphatic heterocycles. The van der Waals surface area contributed by atoms with Crippen LogP contribution >= 0.6 is 0 Å². The van der Waals surface area contributed by atoms with E-state index in [9.17, 15) is 24.0 Å². The van der Waals surface area contributed by atoms with Gasteiger partial charge in [0.25, 0.3) is 0 Å². The SMILES string of the molecule is CC(C)CC(N)C(=O)NC(CC(=O)O)C(=O)NC(C(=O)NCC(=O)O)C(C)C. The van der Waals surface area contributed by atoms with Crippen LogP contribution < -0.4 is 21.7 Å². The highest BCUT2D eigenvalue weighted by Crippen LogP contribution is 2.06. The first kappa shape index (κ1) is 25.3. The summed E-state index contributed by atoms with van der Waals surface area (Å²) in [5, 5.41) is 24.5. The van der Waals surface area contributed by atoms with Gasteiger partial charge >= 0.3 is 11.9 Å². The van der Waals surface area contributed by atoms with Gasteiger partial charge in [0.05, 0.1) is 12.5 Å². The molecule has 0 aliphatic rings. The average molecular weight is 402 g/mol. The largest absolute Gasteiger partial charge is 0.481 e. The van der Waals surface area contributed by atoms with Crippen LogP contribution in [-0.4, -0.2) is 64.5 Å². The van der Waals surface area contributed by atoms with Crippen LogP contribution in [0.25, 0.3) is 0 Å². The molecule has 0 bridgehead atoms. The smallest absolute Gasteiger partial charge is 0.322 e. The lowest BCUT2D eigenvalue weighted by atomic mass is 10.0. The molecule has 0 fully saturated rings. The minimum absolute atomic E-state index is 0.121. The molecular formula is C17H30N4O7. The van der Waals surface area contributed by atoms with Crippen molar-refractivity contribution < 1.29 is 34.2 Å². The first-order valence-corrected chi connectivity index (χ1v) is 8.92. The maximum Gasteiger partial charge on any atom is 0.322 e. The molecule has 7 N–H and O–H groups in total. The molecular weight excluding hydrogens is 372 g/mol. The van der Waals surface area contributed by atoms with E-state index in [4.69, 9.17) is 15.9 Å². The van der Waals surface area contributed by atoms with Crippen LogP contribution in [0, 0.1) is 11.8 Å². The van der Waals surface area contributed by atoms with Gasteiger partial charge in [0.1, 0.15) is 18.6 Å². The molecule has 0 aromatic carbocycles. The molecule has 0 aromatic heterocycles. The van der Waals surface area contributed by atoms with Crippen molar-refractivity contribution in [2.75, 3.05) is 6.54 Å². The van der Waals surface area contributed by atoms with Crippen LogP contribution in [0.1, 0.15) is 40.5 Å². The molecule has 0 spiro atoms. The number of carboxylic acids is 2. The fourth-order valence-corrected chi connectivity index (χ4v) is 2.34. The van der Waals surface area contributed by atoms with Crippen molar-refractivity contribution in [3.63, 3.8) is 0 Å². The van der Waals surface area contributed by atoms with Gasteiger partial charge in [0.15, 0.2) is 0 Å². The maximum absolute atomic E-state index is 12.5. The second-order valence-electron chi connectivity index (χ2n) is 7.24. The standard InChI is InChI=1S/C17H30N4O7/c1-8(2)5-10(18)15(26)20-11(6-12(22)23)16(27)21-14(9(3)4)17(28)19-7-13(24)25/h8-11,14H,5-7,18H2,1-4H3,(H,19,28)(H,20,26)(H,21,27)(H,22,23)(H,24,25). The second-order valence-corrected chi connectivity index (χ2v) is 7.24. The Morgan fingerprint density at radius 2 is 1.43 bits per heavy atom. The quantitative estimate of drug-likeness (QED) is 0.231. The highest BCUT2D eigenvalue weighted by atomic mass is 16.4. The molecule has 0 rings (SSSR count). The van der Waals surface area contributed by atoms with Gasteiger partial charge < -0.3 is 31.9 Å². The molecule has 3 amide bonds. The topological polar surface area (TPSA) is 188 Å². The first-order chi connectivity index (χ1) is 12.8. The summed E-state index contributed by atoms with van der Waals surface area (Å²) in [7, 11) is 0. The van der Waals surface area contributed by atoms with Crippen LogP contribution in [0.15, 0.2) is 0 Å². The van der Waals surface area contributed by atoms with Crippen molar-refractivity contribution in [1.29, 1.82) is 0 Å². The van der Waals surface area contributed by atoms with Gasteiger partial charge in [-0.3, -0.25) is 24.0 Å². The third-order valence-electron chi connectivity index (χ3n) is 3.73. The number of nitrogens with two attached hydrogens (primary N) is 1. The number of rotatable bonds is 12. The molecule has 0 aromatic rings. The number of carbonyl (C=O) groups excluding carboxylic acids is 3. The van der Waals surface area contributed by atoms with E-state index < -0.39 is 66.7 Å². The van der Waals surface area contributed by atoms with Crippen LogP contribution in [-0.2, 0) is 24.0 Å². The van der Waals surface area contributed by atoms with E-state index in [1.54, 1.807) is 13.8 Å². The Morgan fingerprint density at radius 3 is 1.86 bits per heavy atom. The van der Waals surface area contributed by atoms with Crippen molar-refractivity contribution in [3.8, 4) is 0 Å². The predicted octanol–water partition coefficient (Wildman–Crippen LogP) is -1.34. The molecule has 160 valence electrons. The van der Waals surface area contributed by atoms with E-state index in [1.807, 2.05) is 13.8 Å². The van der Waals surface area contributed by atoms with Crippen molar-refractivity contribution in [2.24, 2.45) is 17.6 Å². The molecule has 0 saturated heterocycles. The van der Waals surface area contributed by atoms with Gasteiger partial charge in [-0.1, -0.05) is 27.7 Å². The lowest BCUT2D eigenvalue weighted by Gasteiger charge is -2.25. The van der Waals surface area contributed by atoms with Gasteiger partial charge in [-0.15, -0.1) is 0 Å². The number of carbonyl (C=O) groups is 5. The monoisotopic (exact) mass is 402 g/mol. The molecule has 0 radical (unpaired) electrons. The molecule has 11 nitrogen and oxygen atoms in total. The van der Waals surface area contributed by atoms with Crippen LogP contribution in [0.2, 0.25) is 0 Å². The van der Waals surface area contributed by atoms with E-state index >= 15 is 0 Å². The fraction of sp³-hybridized carbons (Fsp3) is 0.706. The normalized spacial score (nSPS) is 14.1. The zero-order chi connectivity index (χ0) is 22.0. The lowest BCUT2D eigenvalue weighted by Crippen LogP contribution is -2.57. The Kier molecular flexibility index (Phi) is 10.8. The van der Waals surface area contributed by atoms with E-state index in [-0.39, 0.29) is 5.92 Å². The number of aliphatic carboxylic acids is 2. The minimum Gasteiger partial charge on any atom is -0.481 e. The summed E-state index contributed by atoms with van der Waals surface area (Å²) in [4.78, 5) is 58.4. The second kappa shape index (κ2) is 11.9. The molecule has 0 saturated carbocycles. The van der Waals surface area contributed by atoms with Crippen LogP contribution in [0.5, 0.6) is 0 Å². The number of hydrogen-bond donors (Lipinski definition) is 6. The highest BCUT2D eigenvalue weighted by molar-refractivity contribution is 5.95. The zero-order valence-corrected chi connectivity index (χ0v) is 16.5. The van der Waals surface area contributed by atoms with Crippen molar-refractivity contribution in [2.45, 2.75) is 58.7 Å². The number of hydrogen-bond acceptors (Lipinski definition) is 6. The third-order valence-corrected chi connectivity index (χ3v) is 3.73. The molecule has 3 unspecified atom stereocenters. The molecule has 3 atom stereocenters. The summed E-state index contributed by atoms with van der Waals surface area (Å²) < 4.78 is 0. The Balaban J connectivity index is 5.20. The summed E-state index contributed by atoms with van der Waals surface area (Å²) in [6.07, 6.45) is -0.354. The van der Waals surface area contributed by atoms with Crippen LogP contribution in [0.3, 0.4) is 0 Å². The predicted molar refractivity (Wildman–Crippen MR) is 99.0 cm³/mol. The summed E-state index contributed by atoms with van der Waals surface area (Å²) in [5.74, 6) is -5.16. The van der Waals surface area contributed by atoms with E-state index in [1.165, 1.54) is 0 Å². The molecule has 11 heteroatoms. The Labute approximate surface area is 163 Å². The third kappa shape index (κ3) is 9.86. The van der Waals surface area contributed by atoms with Gasteiger partial charge in [0.2, 0.25) is 17.7 Å². The van der Waals surface area contributed by atoms with Gasteiger partial charge in [-0.25, -0.2) is 0 Å². The van der Waals surface area contributed by atoms with Gasteiger partial charge in [0, 0.05) is 0 Å². The summed E-state index contributed by atoms with van der Waals surface area (Å²) in [6.45, 7) is 6.33. The van der Waals surface area contributed by atoms with Crippen molar-refractivity contribution in [1.82, 2.24) is 16.0 Å². The first-order valence-electron chi connectivity index (χ1n) is 8.92. The average Bonchev–Trinajstić information content (AvgIpc) is 2.55. The number of nitrogens with one attached hydrogen (secondary N) is 3. The summed E-state index contributed by atoms with van der Waals surface area (Å²) in [6, 6.07) is -3.45. The van der Waals surface area contributed by atoms with E-state index in [0.717, 1.165) is 0 Å². The van der Waals surface area contributed by atoms with Gasteiger partial charge in [-0.05, 0) is 18.3 Å². The van der Waals surface area contributed by atoms with E-state index in [0.29, 0.717) is 6.42 Å². The Morgan fingerprint density at radius 1 is 0.857 bits per heavy atom. The summed E-state index contributed by atoms with van der Waals surface area (Å²) >= 11 is 0. The zero-order valence-electron chi connectivity index (χ0n) is 16.5. The van der Waals surface area contributed by atoms with Gasteiger partial charge in [-0.2, -0.15) is 0 Å². The molecule has 0 aliphatic carbocycles. The lowest BCUT2D eigenvalue weighted by molar-refractivity contribution is -0.142. The number of carboxylic acid groups (broad SMARTS) is 2. The molecule has 28 heavy (non-hydrogen) atoms. The molecule has 0 heterocycles. The highest BCUT2D eigenvalue weighted by Gasteiger charge is 2.31. The number of amides is 3. The fourth-order valence-electron chi connectivity index (χ4n) is 2.34.